The van der Waals surface area contributed by atoms with Crippen molar-refractivity contribution >= 4 is 16.6 Å². The molecular weight excluding hydrogens is 383 g/mol. The first-order valence-electron chi connectivity index (χ1n) is 9.37. The SMILES string of the molecule is O=c1c2ccccc2cnn1CN1CCCN(c2ccc(C(F)(F)F)cn2)CC1. The molecule has 3 aromatic rings. The Morgan fingerprint density at radius 1 is 0.966 bits per heavy atom. The van der Waals surface area contributed by atoms with Crippen LogP contribution < -0.4 is 10.5 Å². The first kappa shape index (κ1) is 19.4. The maximum Gasteiger partial charge on any atom is 0.417 e. The van der Waals surface area contributed by atoms with E-state index in [1.807, 2.05) is 23.1 Å². The Morgan fingerprint density at radius 3 is 2.55 bits per heavy atom. The van der Waals surface area contributed by atoms with Crippen molar-refractivity contribution in [3.63, 3.8) is 0 Å². The zero-order chi connectivity index (χ0) is 20.4. The quantitative estimate of drug-likeness (QED) is 0.673. The Labute approximate surface area is 165 Å². The van der Waals surface area contributed by atoms with Gasteiger partial charge < -0.3 is 4.90 Å². The minimum atomic E-state index is -4.39. The van der Waals surface area contributed by atoms with Crippen LogP contribution in [0.25, 0.3) is 10.8 Å². The molecule has 0 bridgehead atoms. The number of halogens is 3. The van der Waals surface area contributed by atoms with Crippen molar-refractivity contribution in [1.82, 2.24) is 19.7 Å². The van der Waals surface area contributed by atoms with E-state index in [4.69, 9.17) is 0 Å². The number of nitrogens with zero attached hydrogens (tertiary/aromatic N) is 5. The molecule has 6 nitrogen and oxygen atoms in total. The molecular formula is C20H20F3N5O. The van der Waals surface area contributed by atoms with Crippen LogP contribution in [0.15, 0.2) is 53.6 Å². The van der Waals surface area contributed by atoms with Crippen LogP contribution in [0.2, 0.25) is 0 Å². The molecule has 1 aromatic carbocycles. The molecule has 0 spiro atoms. The second kappa shape index (κ2) is 7.82. The summed E-state index contributed by atoms with van der Waals surface area (Å²) >= 11 is 0. The van der Waals surface area contributed by atoms with Crippen LogP contribution in [0.5, 0.6) is 0 Å². The van der Waals surface area contributed by atoms with E-state index in [1.165, 1.54) is 10.7 Å². The number of alkyl halides is 3. The predicted octanol–water partition coefficient (Wildman–Crippen LogP) is 2.98. The molecule has 0 saturated carbocycles. The van der Waals surface area contributed by atoms with E-state index in [0.717, 1.165) is 30.6 Å². The fourth-order valence-electron chi connectivity index (χ4n) is 3.50. The molecule has 4 rings (SSSR count). The van der Waals surface area contributed by atoms with Crippen molar-refractivity contribution in [2.24, 2.45) is 0 Å². The van der Waals surface area contributed by atoms with E-state index in [2.05, 4.69) is 15.0 Å². The van der Waals surface area contributed by atoms with E-state index in [0.29, 0.717) is 37.5 Å². The molecule has 0 aliphatic carbocycles. The Balaban J connectivity index is 1.44. The number of fused-ring (bicyclic) bond motifs is 1. The first-order valence-corrected chi connectivity index (χ1v) is 9.37. The highest BCUT2D eigenvalue weighted by Crippen LogP contribution is 2.29. The summed E-state index contributed by atoms with van der Waals surface area (Å²) in [7, 11) is 0. The van der Waals surface area contributed by atoms with Gasteiger partial charge in [0.2, 0.25) is 0 Å². The summed E-state index contributed by atoms with van der Waals surface area (Å²) in [6.07, 6.45) is -1.02. The minimum Gasteiger partial charge on any atom is -0.355 e. The van der Waals surface area contributed by atoms with E-state index in [-0.39, 0.29) is 5.56 Å². The van der Waals surface area contributed by atoms with E-state index < -0.39 is 11.7 Å². The van der Waals surface area contributed by atoms with Gasteiger partial charge in [0.15, 0.2) is 0 Å². The lowest BCUT2D eigenvalue weighted by Gasteiger charge is -2.23. The third-order valence-electron chi connectivity index (χ3n) is 5.08. The number of anilines is 1. The standard InChI is InChI=1S/C20H20F3N5O/c21-20(22,23)16-6-7-18(24-13-16)27-9-3-8-26(10-11-27)14-28-19(29)17-5-2-1-4-15(17)12-25-28/h1-2,4-7,12-13H,3,8-11,14H2. The van der Waals surface area contributed by atoms with Crippen LogP contribution in [0.1, 0.15) is 12.0 Å². The maximum atomic E-state index is 12.7. The minimum absolute atomic E-state index is 0.131. The zero-order valence-corrected chi connectivity index (χ0v) is 15.6. The molecule has 0 unspecified atom stereocenters. The molecule has 9 heteroatoms. The number of hydrogen-bond acceptors (Lipinski definition) is 5. The second-order valence-electron chi connectivity index (χ2n) is 7.04. The second-order valence-corrected chi connectivity index (χ2v) is 7.04. The van der Waals surface area contributed by atoms with Crippen LogP contribution in [-0.2, 0) is 12.8 Å². The molecule has 3 heterocycles. The number of pyridine rings is 1. The third kappa shape index (κ3) is 4.24. The van der Waals surface area contributed by atoms with Gasteiger partial charge in [-0.05, 0) is 24.6 Å². The molecule has 29 heavy (non-hydrogen) atoms. The molecule has 2 aromatic heterocycles. The average Bonchev–Trinajstić information content (AvgIpc) is 2.95. The Morgan fingerprint density at radius 2 is 1.79 bits per heavy atom. The van der Waals surface area contributed by atoms with Gasteiger partial charge in [-0.25, -0.2) is 9.67 Å². The number of rotatable bonds is 3. The van der Waals surface area contributed by atoms with Gasteiger partial charge in [-0.15, -0.1) is 0 Å². The van der Waals surface area contributed by atoms with Gasteiger partial charge in [0.1, 0.15) is 5.82 Å². The van der Waals surface area contributed by atoms with Crippen LogP contribution >= 0.6 is 0 Å². The summed E-state index contributed by atoms with van der Waals surface area (Å²) in [5.41, 5.74) is -0.881. The van der Waals surface area contributed by atoms with E-state index >= 15 is 0 Å². The summed E-state index contributed by atoms with van der Waals surface area (Å²) in [6, 6.07) is 9.81. The summed E-state index contributed by atoms with van der Waals surface area (Å²) in [5, 5.41) is 5.71. The summed E-state index contributed by atoms with van der Waals surface area (Å²) in [6.45, 7) is 3.09. The molecule has 1 aliphatic heterocycles. The van der Waals surface area contributed by atoms with Crippen molar-refractivity contribution in [2.45, 2.75) is 19.3 Å². The Kier molecular flexibility index (Phi) is 5.23. The Bertz CT molecular complexity index is 1050. The average molecular weight is 403 g/mol. The summed E-state index contributed by atoms with van der Waals surface area (Å²) in [5.74, 6) is 0.529. The normalized spacial score (nSPS) is 16.2. The van der Waals surface area contributed by atoms with Gasteiger partial charge in [0.25, 0.3) is 5.56 Å². The van der Waals surface area contributed by atoms with Gasteiger partial charge in [-0.2, -0.15) is 18.3 Å². The van der Waals surface area contributed by atoms with Gasteiger partial charge in [-0.1, -0.05) is 18.2 Å². The first-order chi connectivity index (χ1) is 13.9. The lowest BCUT2D eigenvalue weighted by Crippen LogP contribution is -2.36. The van der Waals surface area contributed by atoms with Crippen LogP contribution in [-0.4, -0.2) is 45.8 Å². The smallest absolute Gasteiger partial charge is 0.355 e. The van der Waals surface area contributed by atoms with Crippen molar-refractivity contribution in [3.8, 4) is 0 Å². The van der Waals surface area contributed by atoms with Gasteiger partial charge in [-0.3, -0.25) is 9.69 Å². The van der Waals surface area contributed by atoms with Gasteiger partial charge in [0, 0.05) is 37.8 Å². The number of benzene rings is 1. The van der Waals surface area contributed by atoms with Gasteiger partial charge in [0.05, 0.1) is 23.8 Å². The van der Waals surface area contributed by atoms with Crippen molar-refractivity contribution in [1.29, 1.82) is 0 Å². The lowest BCUT2D eigenvalue weighted by atomic mass is 10.2. The van der Waals surface area contributed by atoms with Crippen molar-refractivity contribution in [2.75, 3.05) is 31.1 Å². The highest BCUT2D eigenvalue weighted by molar-refractivity contribution is 5.80. The molecule has 1 aliphatic rings. The molecule has 0 amide bonds. The molecule has 1 fully saturated rings. The zero-order valence-electron chi connectivity index (χ0n) is 15.6. The topological polar surface area (TPSA) is 54.3 Å². The van der Waals surface area contributed by atoms with Crippen LogP contribution in [0.3, 0.4) is 0 Å². The largest absolute Gasteiger partial charge is 0.417 e. The third-order valence-corrected chi connectivity index (χ3v) is 5.08. The molecule has 1 saturated heterocycles. The fourth-order valence-corrected chi connectivity index (χ4v) is 3.50. The van der Waals surface area contributed by atoms with Crippen molar-refractivity contribution in [3.05, 3.63) is 64.7 Å². The highest BCUT2D eigenvalue weighted by Gasteiger charge is 2.31. The maximum absolute atomic E-state index is 12.7. The van der Waals surface area contributed by atoms with Gasteiger partial charge >= 0.3 is 6.18 Å². The molecule has 0 radical (unpaired) electrons. The van der Waals surface area contributed by atoms with Crippen LogP contribution in [0.4, 0.5) is 19.0 Å². The van der Waals surface area contributed by atoms with Crippen molar-refractivity contribution < 1.29 is 13.2 Å². The number of hydrogen-bond donors (Lipinski definition) is 0. The van der Waals surface area contributed by atoms with E-state index in [1.54, 1.807) is 12.3 Å². The molecule has 0 atom stereocenters. The molecule has 152 valence electrons. The lowest BCUT2D eigenvalue weighted by molar-refractivity contribution is -0.137. The highest BCUT2D eigenvalue weighted by atomic mass is 19.4. The molecule has 0 N–H and O–H groups in total. The van der Waals surface area contributed by atoms with Crippen LogP contribution in [0, 0.1) is 0 Å². The van der Waals surface area contributed by atoms with E-state index in [9.17, 15) is 18.0 Å². The summed E-state index contributed by atoms with van der Waals surface area (Å²) in [4.78, 5) is 20.7. The monoisotopic (exact) mass is 403 g/mol. The summed E-state index contributed by atoms with van der Waals surface area (Å²) < 4.78 is 39.6. The fraction of sp³-hybridized carbons (Fsp3) is 0.350. The Hall–Kier alpha value is -2.94. The predicted molar refractivity (Wildman–Crippen MR) is 104 cm³/mol. The number of aromatic nitrogens is 3.